The molecule has 0 spiro atoms. The first-order chi connectivity index (χ1) is 18.7. The maximum atomic E-state index is 13.0. The van der Waals surface area contributed by atoms with Crippen molar-refractivity contribution in [2.24, 2.45) is 0 Å². The number of carbonyl (C=O) groups is 1. The number of carbonyl (C=O) groups excluding carboxylic acids is 1. The molecule has 0 aliphatic heterocycles. The van der Waals surface area contributed by atoms with Gasteiger partial charge in [-0.25, -0.2) is 18.4 Å². The number of sulfonamides is 1. The average Bonchev–Trinajstić information content (AvgIpc) is 2.90. The van der Waals surface area contributed by atoms with Gasteiger partial charge in [0.2, 0.25) is 5.91 Å². The van der Waals surface area contributed by atoms with E-state index in [1.54, 1.807) is 36.4 Å². The van der Waals surface area contributed by atoms with Crippen LogP contribution in [0.25, 0.3) is 22.2 Å². The molecule has 1 heterocycles. The maximum Gasteiger partial charge on any atom is 0.263 e. The predicted octanol–water partition coefficient (Wildman–Crippen LogP) is 5.01. The van der Waals surface area contributed by atoms with E-state index in [2.05, 4.69) is 20.0 Å². The molecule has 1 aromatic heterocycles. The number of nitrogen functional groups attached to an aromatic ring is 2. The Balaban J connectivity index is 1.44. The van der Waals surface area contributed by atoms with Gasteiger partial charge in [-0.3, -0.25) is 9.52 Å². The molecule has 0 fully saturated rings. The third-order valence-electron chi connectivity index (χ3n) is 5.70. The molecule has 0 radical (unpaired) electrons. The smallest absolute Gasteiger partial charge is 0.263 e. The first-order valence-electron chi connectivity index (χ1n) is 11.8. The molecule has 11 heteroatoms. The number of nitrogens with two attached hydrogens (primary N) is 2. The summed E-state index contributed by atoms with van der Waals surface area (Å²) in [4.78, 5) is 20.1. The summed E-state index contributed by atoms with van der Waals surface area (Å²) in [6, 6.07) is 25.7. The van der Waals surface area contributed by atoms with Crippen molar-refractivity contribution in [3.05, 3.63) is 91.0 Å². The predicted molar refractivity (Wildman–Crippen MR) is 152 cm³/mol. The largest absolute Gasteiger partial charge is 0.457 e. The Labute approximate surface area is 224 Å². The molecule has 0 aliphatic rings. The molecule has 0 aliphatic carbocycles. The molecule has 196 valence electrons. The molecule has 5 rings (SSSR count). The lowest BCUT2D eigenvalue weighted by Gasteiger charge is -2.13. The number of anilines is 4. The Bertz CT molecular complexity index is 1790. The molecule has 6 N–H and O–H groups in total. The third-order valence-corrected chi connectivity index (χ3v) is 7.05. The van der Waals surface area contributed by atoms with Crippen LogP contribution in [0.2, 0.25) is 0 Å². The van der Waals surface area contributed by atoms with Crippen molar-refractivity contribution in [3.63, 3.8) is 0 Å². The number of para-hydroxylation sites is 1. The van der Waals surface area contributed by atoms with Crippen LogP contribution in [-0.4, -0.2) is 24.3 Å². The number of ether oxygens (including phenoxy) is 1. The highest BCUT2D eigenvalue weighted by molar-refractivity contribution is 7.92. The van der Waals surface area contributed by atoms with Crippen molar-refractivity contribution < 1.29 is 17.9 Å². The molecule has 10 nitrogen and oxygen atoms in total. The zero-order valence-corrected chi connectivity index (χ0v) is 21.6. The molecule has 39 heavy (non-hydrogen) atoms. The molecular formula is C28H24N6O4S. The number of nitrogens with one attached hydrogen (secondary N) is 2. The van der Waals surface area contributed by atoms with E-state index < -0.39 is 10.0 Å². The number of amides is 1. The molecular weight excluding hydrogens is 516 g/mol. The van der Waals surface area contributed by atoms with Gasteiger partial charge < -0.3 is 21.5 Å². The second-order valence-corrected chi connectivity index (χ2v) is 10.3. The van der Waals surface area contributed by atoms with Crippen LogP contribution in [0.4, 0.5) is 23.0 Å². The van der Waals surface area contributed by atoms with Crippen LogP contribution in [0, 0.1) is 0 Å². The highest BCUT2D eigenvalue weighted by atomic mass is 32.2. The lowest BCUT2D eigenvalue weighted by molar-refractivity contribution is -0.114. The van der Waals surface area contributed by atoms with E-state index in [0.29, 0.717) is 33.9 Å². The summed E-state index contributed by atoms with van der Waals surface area (Å²) in [6.07, 6.45) is 0. The van der Waals surface area contributed by atoms with Gasteiger partial charge in [0.05, 0.1) is 15.9 Å². The van der Waals surface area contributed by atoms with Crippen molar-refractivity contribution in [3.8, 4) is 22.6 Å². The van der Waals surface area contributed by atoms with Crippen LogP contribution in [0.5, 0.6) is 11.5 Å². The molecule has 0 bridgehead atoms. The molecule has 0 saturated carbocycles. The van der Waals surface area contributed by atoms with Crippen LogP contribution in [0.15, 0.2) is 95.9 Å². The fourth-order valence-electron chi connectivity index (χ4n) is 3.90. The molecule has 0 atom stereocenters. The first-order valence-corrected chi connectivity index (χ1v) is 13.3. The minimum atomic E-state index is -4.02. The highest BCUT2D eigenvalue weighted by Gasteiger charge is 2.19. The van der Waals surface area contributed by atoms with Gasteiger partial charge in [0.1, 0.15) is 11.5 Å². The van der Waals surface area contributed by atoms with E-state index in [4.69, 9.17) is 16.2 Å². The summed E-state index contributed by atoms with van der Waals surface area (Å²) >= 11 is 0. The Morgan fingerprint density at radius 1 is 0.846 bits per heavy atom. The van der Waals surface area contributed by atoms with E-state index in [0.717, 1.165) is 11.1 Å². The summed E-state index contributed by atoms with van der Waals surface area (Å²) in [5.74, 6) is 0.825. The van der Waals surface area contributed by atoms with Crippen LogP contribution >= 0.6 is 0 Å². The lowest BCUT2D eigenvalue weighted by Crippen LogP contribution is -2.16. The summed E-state index contributed by atoms with van der Waals surface area (Å²) in [7, 11) is -4.02. The minimum Gasteiger partial charge on any atom is -0.457 e. The molecule has 1 amide bonds. The summed E-state index contributed by atoms with van der Waals surface area (Å²) in [5.41, 5.74) is 15.5. The molecule has 0 saturated heterocycles. The average molecular weight is 541 g/mol. The zero-order chi connectivity index (χ0) is 27.6. The Morgan fingerprint density at radius 3 is 2.28 bits per heavy atom. The van der Waals surface area contributed by atoms with Crippen LogP contribution in [0.3, 0.4) is 0 Å². The van der Waals surface area contributed by atoms with Crippen molar-refractivity contribution in [1.29, 1.82) is 0 Å². The topological polar surface area (TPSA) is 162 Å². The van der Waals surface area contributed by atoms with Crippen molar-refractivity contribution in [2.75, 3.05) is 21.5 Å². The van der Waals surface area contributed by atoms with Gasteiger partial charge in [0.25, 0.3) is 10.0 Å². The fourth-order valence-corrected chi connectivity index (χ4v) is 4.92. The quantitative estimate of drug-likeness (QED) is 0.209. The summed E-state index contributed by atoms with van der Waals surface area (Å²) < 4.78 is 34.3. The number of fused-ring (bicyclic) bond motifs is 1. The van der Waals surface area contributed by atoms with Gasteiger partial charge in [-0.2, -0.15) is 0 Å². The Morgan fingerprint density at radius 2 is 1.56 bits per heavy atom. The molecule has 5 aromatic rings. The van der Waals surface area contributed by atoms with Gasteiger partial charge >= 0.3 is 0 Å². The standard InChI is InChI=1S/C28H24N6O4S/c1-17(35)31-20-10-14-23(15-11-20)39(36,37)34-28-27(30)33-26-24(6-3-7-25(26)32-28)18-4-2-5-22(16-18)38-21-12-8-19(29)9-13-21/h2-16H,29H2,1H3,(H2,30,33)(H,31,35)(H,32,34). The normalized spacial score (nSPS) is 11.2. The first kappa shape index (κ1) is 25.5. The summed E-state index contributed by atoms with van der Waals surface area (Å²) in [6.45, 7) is 1.37. The number of benzene rings is 4. The second-order valence-electron chi connectivity index (χ2n) is 8.64. The monoisotopic (exact) mass is 540 g/mol. The summed E-state index contributed by atoms with van der Waals surface area (Å²) in [5, 5.41) is 2.59. The number of hydrogen-bond acceptors (Lipinski definition) is 8. The van der Waals surface area contributed by atoms with Gasteiger partial charge in [0, 0.05) is 23.9 Å². The number of nitrogens with zero attached hydrogens (tertiary/aromatic N) is 2. The van der Waals surface area contributed by atoms with E-state index in [-0.39, 0.29) is 22.4 Å². The number of aromatic nitrogens is 2. The van der Waals surface area contributed by atoms with Crippen molar-refractivity contribution in [1.82, 2.24) is 9.97 Å². The SMILES string of the molecule is CC(=O)Nc1ccc(S(=O)(=O)Nc2nc3cccc(-c4cccc(Oc5ccc(N)cc5)c4)c3nc2N)cc1. The molecule has 0 unspecified atom stereocenters. The van der Waals surface area contributed by atoms with E-state index in [1.807, 2.05) is 30.3 Å². The number of hydrogen-bond donors (Lipinski definition) is 4. The lowest BCUT2D eigenvalue weighted by atomic mass is 10.0. The van der Waals surface area contributed by atoms with Gasteiger partial charge in [-0.15, -0.1) is 0 Å². The second kappa shape index (κ2) is 10.3. The maximum absolute atomic E-state index is 13.0. The van der Waals surface area contributed by atoms with Crippen molar-refractivity contribution in [2.45, 2.75) is 11.8 Å². The Hall–Kier alpha value is -5.16. The highest BCUT2D eigenvalue weighted by Crippen LogP contribution is 2.33. The van der Waals surface area contributed by atoms with E-state index in [1.165, 1.54) is 31.2 Å². The van der Waals surface area contributed by atoms with Gasteiger partial charge in [-0.1, -0.05) is 24.3 Å². The van der Waals surface area contributed by atoms with Crippen LogP contribution < -0.4 is 26.2 Å². The zero-order valence-electron chi connectivity index (χ0n) is 20.8. The minimum absolute atomic E-state index is 0.0235. The van der Waals surface area contributed by atoms with Gasteiger partial charge in [-0.05, 0) is 72.3 Å². The molecule has 4 aromatic carbocycles. The Kier molecular flexibility index (Phi) is 6.73. The van der Waals surface area contributed by atoms with Crippen LogP contribution in [0.1, 0.15) is 6.92 Å². The number of rotatable bonds is 7. The van der Waals surface area contributed by atoms with Crippen molar-refractivity contribution >= 4 is 50.0 Å². The van der Waals surface area contributed by atoms with Gasteiger partial charge in [0.15, 0.2) is 11.6 Å². The van der Waals surface area contributed by atoms with E-state index in [9.17, 15) is 13.2 Å². The van der Waals surface area contributed by atoms with E-state index >= 15 is 0 Å². The fraction of sp³-hybridized carbons (Fsp3) is 0.0357. The third kappa shape index (κ3) is 5.73. The van der Waals surface area contributed by atoms with Crippen LogP contribution in [-0.2, 0) is 14.8 Å².